The lowest BCUT2D eigenvalue weighted by Gasteiger charge is -2.14. The number of thioether (sulfide) groups is 1. The molecule has 0 saturated carbocycles. The minimum atomic E-state index is -0.246. The van der Waals surface area contributed by atoms with Crippen LogP contribution in [0.25, 0.3) is 11.0 Å². The van der Waals surface area contributed by atoms with Gasteiger partial charge in [-0.1, -0.05) is 30.0 Å². The van der Waals surface area contributed by atoms with Crippen LogP contribution in [0, 0.1) is 0 Å². The highest BCUT2D eigenvalue weighted by atomic mass is 32.2. The van der Waals surface area contributed by atoms with E-state index in [0.717, 1.165) is 33.4 Å². The summed E-state index contributed by atoms with van der Waals surface area (Å²) in [6.45, 7) is 4.06. The van der Waals surface area contributed by atoms with Gasteiger partial charge in [-0.3, -0.25) is 4.79 Å². The van der Waals surface area contributed by atoms with Crippen LogP contribution in [0.15, 0.2) is 53.7 Å². The van der Waals surface area contributed by atoms with E-state index in [9.17, 15) is 4.79 Å². The van der Waals surface area contributed by atoms with Crippen LogP contribution in [-0.2, 0) is 4.79 Å². The van der Waals surface area contributed by atoms with Crippen molar-refractivity contribution in [2.24, 2.45) is 0 Å². The zero-order valence-corrected chi connectivity index (χ0v) is 16.0. The fourth-order valence-electron chi connectivity index (χ4n) is 2.66. The van der Waals surface area contributed by atoms with Gasteiger partial charge in [-0.25, -0.2) is 4.98 Å². The molecule has 136 valence electrons. The molecule has 0 aliphatic carbocycles. The van der Waals surface area contributed by atoms with Crippen molar-refractivity contribution in [3.63, 3.8) is 0 Å². The first-order valence-corrected chi connectivity index (χ1v) is 9.46. The van der Waals surface area contributed by atoms with E-state index >= 15 is 0 Å². The first kappa shape index (κ1) is 18.3. The number of benzene rings is 2. The van der Waals surface area contributed by atoms with Crippen LogP contribution in [0.5, 0.6) is 11.5 Å². The minimum absolute atomic E-state index is 0.114. The van der Waals surface area contributed by atoms with Gasteiger partial charge in [-0.05, 0) is 38.1 Å². The summed E-state index contributed by atoms with van der Waals surface area (Å²) in [7, 11) is 1.63. The number of rotatable bonds is 8. The lowest BCUT2D eigenvalue weighted by molar-refractivity contribution is -0.119. The van der Waals surface area contributed by atoms with Gasteiger partial charge in [0.25, 0.3) is 0 Å². The number of nitrogens with zero attached hydrogens (tertiary/aromatic N) is 2. The fourth-order valence-corrected chi connectivity index (χ4v) is 3.57. The van der Waals surface area contributed by atoms with Crippen molar-refractivity contribution in [3.8, 4) is 11.5 Å². The van der Waals surface area contributed by atoms with E-state index in [1.807, 2.05) is 60.0 Å². The molecule has 0 fully saturated rings. The number of carbonyl (C=O) groups is 1. The highest BCUT2D eigenvalue weighted by Gasteiger charge is 2.18. The number of fused-ring (bicyclic) bond motifs is 1. The van der Waals surface area contributed by atoms with Gasteiger partial charge in [0.2, 0.25) is 0 Å². The molecule has 26 heavy (non-hydrogen) atoms. The number of imidazole rings is 1. The summed E-state index contributed by atoms with van der Waals surface area (Å²) < 4.78 is 13.0. The van der Waals surface area contributed by atoms with Crippen LogP contribution < -0.4 is 9.47 Å². The monoisotopic (exact) mass is 370 g/mol. The van der Waals surface area contributed by atoms with Crippen LogP contribution in [0.1, 0.15) is 19.9 Å². The molecule has 0 amide bonds. The molecule has 5 nitrogen and oxygen atoms in total. The number of hydrogen-bond donors (Lipinski definition) is 0. The number of ether oxygens (including phenoxy) is 2. The normalized spacial score (nSPS) is 12.1. The maximum atomic E-state index is 11.9. The van der Waals surface area contributed by atoms with Crippen molar-refractivity contribution < 1.29 is 14.3 Å². The smallest absolute Gasteiger partial charge is 0.169 e. The molecule has 1 unspecified atom stereocenters. The molecular weight excluding hydrogens is 348 g/mol. The minimum Gasteiger partial charge on any atom is -0.497 e. The van der Waals surface area contributed by atoms with Gasteiger partial charge < -0.3 is 14.0 Å². The van der Waals surface area contributed by atoms with Gasteiger partial charge in [-0.15, -0.1) is 0 Å². The average molecular weight is 370 g/mol. The number of carbonyl (C=O) groups excluding carboxylic acids is 1. The molecule has 6 heteroatoms. The summed E-state index contributed by atoms with van der Waals surface area (Å²) in [5, 5.41) is 0.836. The average Bonchev–Trinajstić information content (AvgIpc) is 3.03. The molecule has 2 aromatic carbocycles. The predicted octanol–water partition coefficient (Wildman–Crippen LogP) is 4.37. The molecule has 0 aliphatic rings. The van der Waals surface area contributed by atoms with Crippen LogP contribution in [0.4, 0.5) is 0 Å². The van der Waals surface area contributed by atoms with Crippen molar-refractivity contribution in [1.82, 2.24) is 9.55 Å². The predicted molar refractivity (Wildman–Crippen MR) is 104 cm³/mol. The van der Waals surface area contributed by atoms with Crippen LogP contribution in [0.3, 0.4) is 0 Å². The van der Waals surface area contributed by atoms with E-state index in [1.54, 1.807) is 25.8 Å². The Balaban J connectivity index is 1.70. The zero-order valence-electron chi connectivity index (χ0n) is 15.1. The van der Waals surface area contributed by atoms with Gasteiger partial charge in [0.15, 0.2) is 10.9 Å². The molecule has 0 spiro atoms. The summed E-state index contributed by atoms with van der Waals surface area (Å²) in [6, 6.07) is 15.2. The second-order valence-corrected chi connectivity index (χ2v) is 6.98. The zero-order chi connectivity index (χ0) is 18.5. The second kappa shape index (κ2) is 8.27. The topological polar surface area (TPSA) is 53.4 Å². The maximum absolute atomic E-state index is 11.9. The standard InChI is InChI=1S/C20H22N2O3S/c1-14(15(2)23)22-19-10-5-4-9-18(19)21-20(22)26-12-11-25-17-8-6-7-16(13-17)24-3/h4-10,13-14H,11-12H2,1-3H3. The Kier molecular flexibility index (Phi) is 5.83. The third-order valence-corrected chi connectivity index (χ3v) is 5.08. The van der Waals surface area contributed by atoms with Crippen LogP contribution in [-0.4, -0.2) is 34.8 Å². The van der Waals surface area contributed by atoms with Gasteiger partial charge in [0, 0.05) is 11.8 Å². The number of para-hydroxylation sites is 2. The van der Waals surface area contributed by atoms with E-state index in [2.05, 4.69) is 4.98 Å². The quantitative estimate of drug-likeness (QED) is 0.435. The van der Waals surface area contributed by atoms with Crippen molar-refractivity contribution in [1.29, 1.82) is 0 Å². The molecule has 3 aromatic rings. The number of ketones is 1. The molecular formula is C20H22N2O3S. The van der Waals surface area contributed by atoms with Gasteiger partial charge in [-0.2, -0.15) is 0 Å². The highest BCUT2D eigenvalue weighted by Crippen LogP contribution is 2.28. The maximum Gasteiger partial charge on any atom is 0.169 e. The Bertz CT molecular complexity index is 907. The molecule has 1 atom stereocenters. The largest absolute Gasteiger partial charge is 0.497 e. The Morgan fingerprint density at radius 3 is 2.73 bits per heavy atom. The van der Waals surface area contributed by atoms with Crippen LogP contribution in [0.2, 0.25) is 0 Å². The SMILES string of the molecule is COc1cccc(OCCSc2nc3ccccc3n2C(C)C(C)=O)c1. The Labute approximate surface area is 157 Å². The molecule has 3 rings (SSSR count). The molecule has 0 radical (unpaired) electrons. The number of Topliss-reactive ketones (excluding diaryl/α,β-unsaturated/α-hetero) is 1. The van der Waals surface area contributed by atoms with E-state index < -0.39 is 0 Å². The third-order valence-electron chi connectivity index (χ3n) is 4.16. The Morgan fingerprint density at radius 2 is 1.96 bits per heavy atom. The van der Waals surface area contributed by atoms with Crippen molar-refractivity contribution in [3.05, 3.63) is 48.5 Å². The Morgan fingerprint density at radius 1 is 1.19 bits per heavy atom. The van der Waals surface area contributed by atoms with E-state index in [0.29, 0.717) is 6.61 Å². The van der Waals surface area contributed by atoms with Crippen LogP contribution >= 0.6 is 11.8 Å². The highest BCUT2D eigenvalue weighted by molar-refractivity contribution is 7.99. The summed E-state index contributed by atoms with van der Waals surface area (Å²) in [5.74, 6) is 2.39. The van der Waals surface area contributed by atoms with Crippen molar-refractivity contribution >= 4 is 28.6 Å². The molecule has 0 N–H and O–H groups in total. The molecule has 0 saturated heterocycles. The summed E-state index contributed by atoms with van der Waals surface area (Å²) >= 11 is 1.59. The molecule has 0 bridgehead atoms. The Hall–Kier alpha value is -2.47. The first-order valence-electron chi connectivity index (χ1n) is 8.47. The second-order valence-electron chi connectivity index (χ2n) is 5.92. The fraction of sp³-hybridized carbons (Fsp3) is 0.300. The van der Waals surface area contributed by atoms with Crippen molar-refractivity contribution in [2.45, 2.75) is 25.0 Å². The number of aromatic nitrogens is 2. The number of hydrogen-bond acceptors (Lipinski definition) is 5. The first-order chi connectivity index (χ1) is 12.6. The summed E-state index contributed by atoms with van der Waals surface area (Å²) in [5.41, 5.74) is 1.88. The summed E-state index contributed by atoms with van der Waals surface area (Å²) in [4.78, 5) is 16.6. The lowest BCUT2D eigenvalue weighted by atomic mass is 10.2. The molecule has 0 aliphatic heterocycles. The molecule has 1 aromatic heterocycles. The van der Waals surface area contributed by atoms with Gasteiger partial charge >= 0.3 is 0 Å². The van der Waals surface area contributed by atoms with Gasteiger partial charge in [0.1, 0.15) is 11.5 Å². The third kappa shape index (κ3) is 4.02. The van der Waals surface area contributed by atoms with E-state index in [1.165, 1.54) is 0 Å². The van der Waals surface area contributed by atoms with Gasteiger partial charge in [0.05, 0.1) is 30.8 Å². The van der Waals surface area contributed by atoms with E-state index in [-0.39, 0.29) is 11.8 Å². The van der Waals surface area contributed by atoms with E-state index in [4.69, 9.17) is 9.47 Å². The lowest BCUT2D eigenvalue weighted by Crippen LogP contribution is -2.14. The molecule has 1 heterocycles. The number of methoxy groups -OCH3 is 1. The van der Waals surface area contributed by atoms with Crippen molar-refractivity contribution in [2.75, 3.05) is 19.5 Å². The summed E-state index contributed by atoms with van der Waals surface area (Å²) in [6.07, 6.45) is 0.